The molecule has 3 nitrogen and oxygen atoms in total. The molecule has 1 rings (SSSR count). The van der Waals surface area contributed by atoms with Crippen LogP contribution in [-0.2, 0) is 13.3 Å². The number of benzene rings is 1. The summed E-state index contributed by atoms with van der Waals surface area (Å²) in [5.41, 5.74) is 6.56. The standard InChI is InChI=1S/C16H24O3Si/c1-6-17-20(18-7-2,19-8-3)13-12-16-11-9-10-14(4)15(16)5/h9-11H,6-8H2,1-5H3. The second kappa shape index (κ2) is 8.23. The zero-order valence-electron chi connectivity index (χ0n) is 13.1. The van der Waals surface area contributed by atoms with Gasteiger partial charge >= 0.3 is 8.80 Å². The summed E-state index contributed by atoms with van der Waals surface area (Å²) in [4.78, 5) is 0. The van der Waals surface area contributed by atoms with E-state index in [1.54, 1.807) is 0 Å². The van der Waals surface area contributed by atoms with Gasteiger partial charge in [0.15, 0.2) is 0 Å². The SMILES string of the molecule is CCO[Si](C#Cc1cccc(C)c1C)(OCC)OCC. The van der Waals surface area contributed by atoms with Crippen molar-refractivity contribution in [3.05, 3.63) is 34.9 Å². The fourth-order valence-electron chi connectivity index (χ4n) is 1.83. The maximum absolute atomic E-state index is 5.72. The number of rotatable bonds is 6. The summed E-state index contributed by atoms with van der Waals surface area (Å²) in [6.45, 7) is 11.6. The Kier molecular flexibility index (Phi) is 6.96. The van der Waals surface area contributed by atoms with E-state index >= 15 is 0 Å². The summed E-state index contributed by atoms with van der Waals surface area (Å²) in [6.07, 6.45) is 0. The van der Waals surface area contributed by atoms with Gasteiger partial charge in [0.1, 0.15) is 0 Å². The monoisotopic (exact) mass is 292 g/mol. The van der Waals surface area contributed by atoms with Crippen LogP contribution < -0.4 is 0 Å². The maximum Gasteiger partial charge on any atom is 0.591 e. The molecule has 0 heterocycles. The van der Waals surface area contributed by atoms with E-state index in [1.165, 1.54) is 11.1 Å². The molecule has 0 aromatic heterocycles. The zero-order valence-corrected chi connectivity index (χ0v) is 14.1. The molecule has 0 fully saturated rings. The van der Waals surface area contributed by atoms with Gasteiger partial charge in [-0.2, -0.15) is 0 Å². The van der Waals surface area contributed by atoms with Gasteiger partial charge in [-0.1, -0.05) is 18.1 Å². The van der Waals surface area contributed by atoms with E-state index in [2.05, 4.69) is 31.4 Å². The average Bonchev–Trinajstić information content (AvgIpc) is 2.41. The van der Waals surface area contributed by atoms with Crippen LogP contribution in [0.5, 0.6) is 0 Å². The van der Waals surface area contributed by atoms with Crippen molar-refractivity contribution < 1.29 is 13.3 Å². The van der Waals surface area contributed by atoms with Crippen molar-refractivity contribution in [3.63, 3.8) is 0 Å². The third-order valence-electron chi connectivity index (χ3n) is 2.96. The lowest BCUT2D eigenvalue weighted by Crippen LogP contribution is -2.45. The third-order valence-corrected chi connectivity index (χ3v) is 5.40. The van der Waals surface area contributed by atoms with Gasteiger partial charge in [0.25, 0.3) is 0 Å². The van der Waals surface area contributed by atoms with Crippen molar-refractivity contribution in [2.24, 2.45) is 0 Å². The highest BCUT2D eigenvalue weighted by atomic mass is 28.4. The summed E-state index contributed by atoms with van der Waals surface area (Å²) in [7, 11) is -2.88. The first-order valence-corrected chi connectivity index (χ1v) is 8.82. The molecule has 0 saturated carbocycles. The van der Waals surface area contributed by atoms with Gasteiger partial charge in [-0.3, -0.25) is 0 Å². The minimum Gasteiger partial charge on any atom is -0.364 e. The Bertz CT molecular complexity index is 471. The molecular formula is C16H24O3Si. The van der Waals surface area contributed by atoms with E-state index in [9.17, 15) is 0 Å². The highest BCUT2D eigenvalue weighted by molar-refractivity contribution is 6.69. The van der Waals surface area contributed by atoms with Crippen LogP contribution in [0, 0.1) is 25.3 Å². The lowest BCUT2D eigenvalue weighted by atomic mass is 10.0. The van der Waals surface area contributed by atoms with Crippen LogP contribution in [0.1, 0.15) is 37.5 Å². The van der Waals surface area contributed by atoms with E-state index < -0.39 is 8.80 Å². The van der Waals surface area contributed by atoms with Crippen LogP contribution in [0.4, 0.5) is 0 Å². The molecule has 1 aromatic carbocycles. The van der Waals surface area contributed by atoms with Gasteiger partial charge in [-0.15, -0.1) is 0 Å². The molecule has 0 saturated heterocycles. The lowest BCUT2D eigenvalue weighted by molar-refractivity contribution is 0.0870. The van der Waals surface area contributed by atoms with E-state index in [1.807, 2.05) is 32.9 Å². The second-order valence-electron chi connectivity index (χ2n) is 4.35. The molecule has 0 aliphatic carbocycles. The van der Waals surface area contributed by atoms with E-state index in [-0.39, 0.29) is 0 Å². The summed E-state index contributed by atoms with van der Waals surface area (Å²) >= 11 is 0. The van der Waals surface area contributed by atoms with Crippen LogP contribution in [0.2, 0.25) is 0 Å². The third kappa shape index (κ3) is 4.46. The van der Waals surface area contributed by atoms with Crippen LogP contribution in [0.3, 0.4) is 0 Å². The van der Waals surface area contributed by atoms with Crippen LogP contribution in [0.15, 0.2) is 18.2 Å². The van der Waals surface area contributed by atoms with Gasteiger partial charge < -0.3 is 13.3 Å². The molecule has 4 heteroatoms. The van der Waals surface area contributed by atoms with E-state index in [0.717, 1.165) is 5.56 Å². The predicted octanol–water partition coefficient (Wildman–Crippen LogP) is 3.24. The lowest BCUT2D eigenvalue weighted by Gasteiger charge is -2.22. The van der Waals surface area contributed by atoms with Crippen LogP contribution >= 0.6 is 0 Å². The molecule has 20 heavy (non-hydrogen) atoms. The molecule has 1 aromatic rings. The molecule has 0 unspecified atom stereocenters. The summed E-state index contributed by atoms with van der Waals surface area (Å²) < 4.78 is 17.2. The average molecular weight is 292 g/mol. The highest BCUT2D eigenvalue weighted by Crippen LogP contribution is 2.13. The van der Waals surface area contributed by atoms with Gasteiger partial charge in [-0.25, -0.2) is 0 Å². The van der Waals surface area contributed by atoms with Crippen molar-refractivity contribution in [1.29, 1.82) is 0 Å². The fourth-order valence-corrected chi connectivity index (χ4v) is 3.73. The predicted molar refractivity (Wildman–Crippen MR) is 83.4 cm³/mol. The van der Waals surface area contributed by atoms with Crippen LogP contribution in [-0.4, -0.2) is 28.6 Å². The minimum atomic E-state index is -2.88. The Balaban J connectivity index is 3.11. The fraction of sp³-hybridized carbons (Fsp3) is 0.500. The van der Waals surface area contributed by atoms with E-state index in [4.69, 9.17) is 13.3 Å². The number of aryl methyl sites for hydroxylation is 1. The zero-order chi connectivity index (χ0) is 15.0. The molecule has 0 amide bonds. The molecule has 0 N–H and O–H groups in total. The molecule has 110 valence electrons. The Morgan fingerprint density at radius 3 is 2.00 bits per heavy atom. The van der Waals surface area contributed by atoms with Crippen molar-refractivity contribution in [3.8, 4) is 11.5 Å². The van der Waals surface area contributed by atoms with Crippen molar-refractivity contribution in [1.82, 2.24) is 0 Å². The Labute approximate surface area is 123 Å². The summed E-state index contributed by atoms with van der Waals surface area (Å²) in [6, 6.07) is 6.11. The topological polar surface area (TPSA) is 27.7 Å². The molecule has 0 bridgehead atoms. The Morgan fingerprint density at radius 1 is 0.950 bits per heavy atom. The molecule has 0 radical (unpaired) electrons. The normalized spacial score (nSPS) is 11.1. The first kappa shape index (κ1) is 16.9. The highest BCUT2D eigenvalue weighted by Gasteiger charge is 2.39. The van der Waals surface area contributed by atoms with Gasteiger partial charge in [0.2, 0.25) is 0 Å². The minimum absolute atomic E-state index is 0.535. The smallest absolute Gasteiger partial charge is 0.364 e. The van der Waals surface area contributed by atoms with Crippen LogP contribution in [0.25, 0.3) is 0 Å². The summed E-state index contributed by atoms with van der Waals surface area (Å²) in [5.74, 6) is 3.19. The van der Waals surface area contributed by atoms with E-state index in [0.29, 0.717) is 19.8 Å². The largest absolute Gasteiger partial charge is 0.591 e. The van der Waals surface area contributed by atoms with Crippen molar-refractivity contribution >= 4 is 8.80 Å². The summed E-state index contributed by atoms with van der Waals surface area (Å²) in [5, 5.41) is 0. The Morgan fingerprint density at radius 2 is 1.50 bits per heavy atom. The first-order valence-electron chi connectivity index (χ1n) is 7.09. The number of hydrogen-bond donors (Lipinski definition) is 0. The molecular weight excluding hydrogens is 268 g/mol. The van der Waals surface area contributed by atoms with Gasteiger partial charge in [0, 0.05) is 25.4 Å². The number of hydrogen-bond acceptors (Lipinski definition) is 3. The molecule has 0 aliphatic rings. The first-order chi connectivity index (χ1) is 9.58. The van der Waals surface area contributed by atoms with Gasteiger partial charge in [0.05, 0.1) is 0 Å². The molecule has 0 aliphatic heterocycles. The molecule has 0 atom stereocenters. The van der Waals surface area contributed by atoms with Gasteiger partial charge in [-0.05, 0) is 57.4 Å². The van der Waals surface area contributed by atoms with Crippen molar-refractivity contribution in [2.45, 2.75) is 34.6 Å². The quantitative estimate of drug-likeness (QED) is 0.595. The Hall–Kier alpha value is -1.12. The second-order valence-corrected chi connectivity index (χ2v) is 6.58. The maximum atomic E-state index is 5.72. The molecule has 0 spiro atoms. The van der Waals surface area contributed by atoms with Crippen molar-refractivity contribution in [2.75, 3.05) is 19.8 Å².